The topological polar surface area (TPSA) is 32.3 Å². The van der Waals surface area contributed by atoms with Crippen LogP contribution in [0.3, 0.4) is 0 Å². The number of rotatable bonds is 4. The molecule has 0 saturated carbocycles. The fourth-order valence-electron chi connectivity index (χ4n) is 3.99. The average molecular weight is 309 g/mol. The highest BCUT2D eigenvalue weighted by Crippen LogP contribution is 2.42. The van der Waals surface area contributed by atoms with E-state index in [1.54, 1.807) is 0 Å². The third-order valence-corrected chi connectivity index (χ3v) is 5.23. The van der Waals surface area contributed by atoms with Gasteiger partial charge in [-0.2, -0.15) is 0 Å². The molecule has 0 aliphatic carbocycles. The Hall–Kier alpha value is -1.64. The minimum Gasteiger partial charge on any atom is -0.392 e. The van der Waals surface area contributed by atoms with Gasteiger partial charge in [0.1, 0.15) is 0 Å². The van der Waals surface area contributed by atoms with Crippen LogP contribution in [-0.2, 0) is 0 Å². The normalized spacial score (nSPS) is 31.0. The van der Waals surface area contributed by atoms with Gasteiger partial charge in [-0.1, -0.05) is 80.9 Å². The summed E-state index contributed by atoms with van der Waals surface area (Å²) in [7, 11) is 0. The van der Waals surface area contributed by atoms with E-state index in [1.807, 2.05) is 6.07 Å². The molecule has 0 aromatic heterocycles. The molecule has 1 heterocycles. The van der Waals surface area contributed by atoms with Crippen LogP contribution in [0, 0.1) is 11.8 Å². The van der Waals surface area contributed by atoms with Gasteiger partial charge in [0, 0.05) is 23.9 Å². The second kappa shape index (κ2) is 7.29. The summed E-state index contributed by atoms with van der Waals surface area (Å²) in [6.07, 6.45) is 1.85. The molecule has 1 fully saturated rings. The van der Waals surface area contributed by atoms with Crippen LogP contribution < -0.4 is 5.32 Å². The van der Waals surface area contributed by atoms with Crippen LogP contribution in [0.1, 0.15) is 49.9 Å². The Labute approximate surface area is 139 Å². The van der Waals surface area contributed by atoms with E-state index in [-0.39, 0.29) is 30.0 Å². The highest BCUT2D eigenvalue weighted by atomic mass is 16.3. The molecule has 2 aromatic rings. The van der Waals surface area contributed by atoms with E-state index in [4.69, 9.17) is 0 Å². The molecule has 2 aromatic carbocycles. The van der Waals surface area contributed by atoms with Gasteiger partial charge in [-0.25, -0.2) is 0 Å². The number of piperidine rings is 1. The van der Waals surface area contributed by atoms with Crippen LogP contribution in [0.15, 0.2) is 60.7 Å². The fourth-order valence-corrected chi connectivity index (χ4v) is 3.99. The highest BCUT2D eigenvalue weighted by Gasteiger charge is 2.41. The van der Waals surface area contributed by atoms with Gasteiger partial charge in [-0.05, 0) is 17.5 Å². The number of hydrogen-bond acceptors (Lipinski definition) is 2. The van der Waals surface area contributed by atoms with Crippen molar-refractivity contribution in [2.45, 2.75) is 44.9 Å². The van der Waals surface area contributed by atoms with E-state index < -0.39 is 0 Å². The first kappa shape index (κ1) is 16.2. The molecule has 2 N–H and O–H groups in total. The van der Waals surface area contributed by atoms with Crippen molar-refractivity contribution in [2.75, 3.05) is 0 Å². The maximum absolute atomic E-state index is 11.0. The lowest BCUT2D eigenvalue weighted by atomic mass is 9.72. The van der Waals surface area contributed by atoms with E-state index in [2.05, 4.69) is 73.8 Å². The Balaban J connectivity index is 1.94. The minimum atomic E-state index is -0.286. The predicted octanol–water partition coefficient (Wildman–Crippen LogP) is 4.49. The maximum atomic E-state index is 11.0. The molecule has 122 valence electrons. The van der Waals surface area contributed by atoms with Crippen LogP contribution in [0.5, 0.6) is 0 Å². The predicted molar refractivity (Wildman–Crippen MR) is 95.1 cm³/mol. The average Bonchev–Trinajstić information content (AvgIpc) is 2.61. The van der Waals surface area contributed by atoms with Crippen LogP contribution in [0.25, 0.3) is 0 Å². The summed E-state index contributed by atoms with van der Waals surface area (Å²) < 4.78 is 0. The van der Waals surface area contributed by atoms with Crippen molar-refractivity contribution in [3.63, 3.8) is 0 Å². The van der Waals surface area contributed by atoms with Crippen LogP contribution in [0.4, 0.5) is 0 Å². The number of aliphatic hydroxyl groups is 1. The molecule has 3 rings (SSSR count). The highest BCUT2D eigenvalue weighted by molar-refractivity contribution is 5.26. The van der Waals surface area contributed by atoms with Gasteiger partial charge in [0.25, 0.3) is 0 Å². The summed E-state index contributed by atoms with van der Waals surface area (Å²) in [6, 6.07) is 21.5. The van der Waals surface area contributed by atoms with Gasteiger partial charge >= 0.3 is 0 Å². The van der Waals surface area contributed by atoms with Crippen LogP contribution in [-0.4, -0.2) is 11.2 Å². The molecular weight excluding hydrogens is 282 g/mol. The van der Waals surface area contributed by atoms with E-state index in [0.717, 1.165) is 12.8 Å². The zero-order chi connectivity index (χ0) is 16.2. The summed E-state index contributed by atoms with van der Waals surface area (Å²) in [5.41, 5.74) is 2.53. The molecule has 23 heavy (non-hydrogen) atoms. The lowest BCUT2D eigenvalue weighted by Crippen LogP contribution is -2.49. The largest absolute Gasteiger partial charge is 0.392 e. The van der Waals surface area contributed by atoms with Crippen molar-refractivity contribution in [3.05, 3.63) is 71.8 Å². The van der Waals surface area contributed by atoms with Crippen molar-refractivity contribution in [3.8, 4) is 0 Å². The number of hydrogen-bond donors (Lipinski definition) is 2. The first-order chi connectivity index (χ1) is 11.2. The fraction of sp³-hybridized carbons (Fsp3) is 0.429. The van der Waals surface area contributed by atoms with Gasteiger partial charge in [0.2, 0.25) is 0 Å². The van der Waals surface area contributed by atoms with Gasteiger partial charge in [0.15, 0.2) is 0 Å². The molecule has 0 radical (unpaired) electrons. The molecule has 2 nitrogen and oxygen atoms in total. The monoisotopic (exact) mass is 309 g/mol. The van der Waals surface area contributed by atoms with Crippen LogP contribution in [0.2, 0.25) is 0 Å². The third kappa shape index (κ3) is 3.34. The second-order valence-electron chi connectivity index (χ2n) is 6.75. The lowest BCUT2D eigenvalue weighted by molar-refractivity contribution is -0.0184. The number of aliphatic hydroxyl groups excluding tert-OH is 1. The Morgan fingerprint density at radius 2 is 1.39 bits per heavy atom. The maximum Gasteiger partial charge on any atom is 0.0630 e. The van der Waals surface area contributed by atoms with Crippen LogP contribution >= 0.6 is 0 Å². The van der Waals surface area contributed by atoms with Gasteiger partial charge in [-0.3, -0.25) is 0 Å². The van der Waals surface area contributed by atoms with E-state index in [0.29, 0.717) is 0 Å². The standard InChI is InChI=1S/C21H27NO/c1-3-10-18-20(17-13-8-5-9-14-17)22-19(15(2)21(18)23)16-11-6-4-7-12-16/h4-9,11-15,18-23H,3,10H2,1-2H3/t15-,18-,19-,20+,21-/m0/s1. The zero-order valence-corrected chi connectivity index (χ0v) is 14.0. The quantitative estimate of drug-likeness (QED) is 0.872. The van der Waals surface area contributed by atoms with E-state index in [1.165, 1.54) is 11.1 Å². The van der Waals surface area contributed by atoms with E-state index in [9.17, 15) is 5.11 Å². The minimum absolute atomic E-state index is 0.185. The van der Waals surface area contributed by atoms with Crippen molar-refractivity contribution in [2.24, 2.45) is 11.8 Å². The molecule has 0 unspecified atom stereocenters. The summed E-state index contributed by atoms with van der Waals surface area (Å²) in [6.45, 7) is 4.36. The van der Waals surface area contributed by atoms with Gasteiger partial charge in [0.05, 0.1) is 6.10 Å². The number of nitrogens with one attached hydrogen (secondary N) is 1. The van der Waals surface area contributed by atoms with Gasteiger partial charge < -0.3 is 10.4 Å². The smallest absolute Gasteiger partial charge is 0.0630 e. The molecule has 0 spiro atoms. The van der Waals surface area contributed by atoms with Crippen molar-refractivity contribution in [1.29, 1.82) is 0 Å². The Morgan fingerprint density at radius 1 is 0.870 bits per heavy atom. The summed E-state index contributed by atoms with van der Waals surface area (Å²) in [5.74, 6) is 0.464. The van der Waals surface area contributed by atoms with Crippen molar-refractivity contribution >= 4 is 0 Å². The molecule has 5 atom stereocenters. The van der Waals surface area contributed by atoms with Gasteiger partial charge in [-0.15, -0.1) is 0 Å². The Morgan fingerprint density at radius 3 is 1.91 bits per heavy atom. The zero-order valence-electron chi connectivity index (χ0n) is 14.0. The summed E-state index contributed by atoms with van der Waals surface area (Å²) in [5, 5.41) is 14.8. The first-order valence-corrected chi connectivity index (χ1v) is 8.76. The molecule has 0 bridgehead atoms. The lowest BCUT2D eigenvalue weighted by Gasteiger charge is -2.45. The molecule has 1 aliphatic heterocycles. The second-order valence-corrected chi connectivity index (χ2v) is 6.75. The molecule has 1 saturated heterocycles. The summed E-state index contributed by atoms with van der Waals surface area (Å²) in [4.78, 5) is 0. The Kier molecular flexibility index (Phi) is 5.14. The third-order valence-electron chi connectivity index (χ3n) is 5.23. The SMILES string of the molecule is CCC[C@@H]1[C@@H](O)[C@@H](C)[C@@H](c2ccccc2)N[C@@H]1c1ccccc1. The van der Waals surface area contributed by atoms with Crippen molar-refractivity contribution < 1.29 is 5.11 Å². The molecule has 0 amide bonds. The first-order valence-electron chi connectivity index (χ1n) is 8.76. The molecule has 2 heteroatoms. The van der Waals surface area contributed by atoms with E-state index >= 15 is 0 Å². The Bertz CT molecular complexity index is 598. The molecular formula is C21H27NO. The molecule has 1 aliphatic rings. The summed E-state index contributed by atoms with van der Waals surface area (Å²) >= 11 is 0. The number of benzene rings is 2. The van der Waals surface area contributed by atoms with Crippen molar-refractivity contribution in [1.82, 2.24) is 5.32 Å².